The molecule has 0 spiro atoms. The minimum absolute atomic E-state index is 0.400. The Morgan fingerprint density at radius 2 is 2.06 bits per heavy atom. The van der Waals surface area contributed by atoms with Crippen molar-refractivity contribution in [2.24, 2.45) is 0 Å². The topological polar surface area (TPSA) is 106 Å². The highest BCUT2D eigenvalue weighted by molar-refractivity contribution is 8.14. The van der Waals surface area contributed by atoms with E-state index in [2.05, 4.69) is 9.72 Å². The first-order valence-electron chi connectivity index (χ1n) is 3.95. The first-order chi connectivity index (χ1) is 8.06. The maximum Gasteiger partial charge on any atom is 0.573 e. The van der Waals surface area contributed by atoms with Crippen LogP contribution in [0.15, 0.2) is 11.1 Å². The number of aromatic nitrogens is 1. The summed E-state index contributed by atoms with van der Waals surface area (Å²) in [5, 5.41) is 8.54. The number of hydrogen-bond donors (Lipinski definition) is 1. The molecule has 2 N–H and O–H groups in total. The number of pyridine rings is 1. The SMILES string of the molecule is N#Cc1ncc(OC(F)(F)F)c(S(=O)(=O)Cl)c1N. The van der Waals surface area contributed by atoms with Crippen molar-refractivity contribution >= 4 is 25.4 Å². The van der Waals surface area contributed by atoms with Crippen molar-refractivity contribution in [1.82, 2.24) is 4.98 Å². The van der Waals surface area contributed by atoms with Gasteiger partial charge in [-0.05, 0) is 0 Å². The summed E-state index contributed by atoms with van der Waals surface area (Å²) in [5.41, 5.74) is 3.81. The van der Waals surface area contributed by atoms with Gasteiger partial charge in [-0.2, -0.15) is 5.26 Å². The van der Waals surface area contributed by atoms with E-state index in [0.717, 1.165) is 0 Å². The molecule has 0 amide bonds. The molecule has 18 heavy (non-hydrogen) atoms. The second kappa shape index (κ2) is 4.51. The smallest absolute Gasteiger partial charge is 0.403 e. The third-order valence-corrected chi connectivity index (χ3v) is 2.98. The lowest BCUT2D eigenvalue weighted by atomic mass is 10.3. The molecule has 1 heterocycles. The first-order valence-corrected chi connectivity index (χ1v) is 6.26. The number of alkyl halides is 3. The lowest BCUT2D eigenvalue weighted by Crippen LogP contribution is -2.19. The molecule has 0 unspecified atom stereocenters. The minimum atomic E-state index is -5.15. The Kier molecular flexibility index (Phi) is 3.59. The maximum atomic E-state index is 12.0. The van der Waals surface area contributed by atoms with Gasteiger partial charge < -0.3 is 10.5 Å². The molecule has 0 saturated carbocycles. The average molecular weight is 302 g/mol. The van der Waals surface area contributed by atoms with Crippen molar-refractivity contribution in [1.29, 1.82) is 5.26 Å². The zero-order valence-electron chi connectivity index (χ0n) is 8.19. The quantitative estimate of drug-likeness (QED) is 0.827. The van der Waals surface area contributed by atoms with Crippen LogP contribution in [0.2, 0.25) is 0 Å². The fourth-order valence-electron chi connectivity index (χ4n) is 1.03. The Labute approximate surface area is 103 Å². The summed E-state index contributed by atoms with van der Waals surface area (Å²) in [6.45, 7) is 0. The largest absolute Gasteiger partial charge is 0.573 e. The molecule has 98 valence electrons. The monoisotopic (exact) mass is 301 g/mol. The van der Waals surface area contributed by atoms with E-state index in [4.69, 9.17) is 21.7 Å². The lowest BCUT2D eigenvalue weighted by molar-refractivity contribution is -0.275. The molecule has 11 heteroatoms. The number of nitriles is 1. The van der Waals surface area contributed by atoms with Gasteiger partial charge in [-0.25, -0.2) is 13.4 Å². The zero-order chi connectivity index (χ0) is 14.1. The molecule has 1 aromatic heterocycles. The van der Waals surface area contributed by atoms with Gasteiger partial charge in [0.2, 0.25) is 0 Å². The van der Waals surface area contributed by atoms with Crippen molar-refractivity contribution in [2.75, 3.05) is 5.73 Å². The van der Waals surface area contributed by atoms with Gasteiger partial charge in [0.1, 0.15) is 6.07 Å². The van der Waals surface area contributed by atoms with Crippen molar-refractivity contribution in [3.05, 3.63) is 11.9 Å². The van der Waals surface area contributed by atoms with Gasteiger partial charge in [-0.3, -0.25) is 0 Å². The number of hydrogen-bond acceptors (Lipinski definition) is 6. The Bertz CT molecular complexity index is 623. The highest BCUT2D eigenvalue weighted by Crippen LogP contribution is 2.36. The number of nitrogens with zero attached hydrogens (tertiary/aromatic N) is 2. The highest BCUT2D eigenvalue weighted by Gasteiger charge is 2.35. The van der Waals surface area contributed by atoms with Gasteiger partial charge in [-0.15, -0.1) is 13.2 Å². The molecule has 0 bridgehead atoms. The lowest BCUT2D eigenvalue weighted by Gasteiger charge is -2.12. The van der Waals surface area contributed by atoms with Crippen LogP contribution in [0.5, 0.6) is 5.75 Å². The van der Waals surface area contributed by atoms with Crippen molar-refractivity contribution in [3.8, 4) is 11.8 Å². The standard InChI is InChI=1S/C7H3ClF3N3O3S/c8-18(15,16)6-4(17-7(9,10)11)2-14-3(1-12)5(6)13/h2H,13H2. The summed E-state index contributed by atoms with van der Waals surface area (Å²) in [6, 6.07) is 1.40. The van der Waals surface area contributed by atoms with Gasteiger partial charge in [0.05, 0.1) is 11.9 Å². The van der Waals surface area contributed by atoms with E-state index < -0.39 is 37.4 Å². The number of nitrogen functional groups attached to an aromatic ring is 1. The van der Waals surface area contributed by atoms with Crippen LogP contribution in [0.3, 0.4) is 0 Å². The minimum Gasteiger partial charge on any atom is -0.403 e. The van der Waals surface area contributed by atoms with E-state index in [9.17, 15) is 21.6 Å². The number of halogens is 4. The van der Waals surface area contributed by atoms with Crippen LogP contribution in [0.4, 0.5) is 18.9 Å². The summed E-state index contributed by atoms with van der Waals surface area (Å²) in [7, 11) is 0.296. The molecule has 6 nitrogen and oxygen atoms in total. The number of rotatable bonds is 2. The molecule has 0 aliphatic rings. The van der Waals surface area contributed by atoms with E-state index in [1.807, 2.05) is 0 Å². The van der Waals surface area contributed by atoms with Crippen LogP contribution in [-0.4, -0.2) is 19.8 Å². The van der Waals surface area contributed by atoms with Crippen LogP contribution in [0, 0.1) is 11.3 Å². The molecule has 0 aliphatic carbocycles. The summed E-state index contributed by atoms with van der Waals surface area (Å²) < 4.78 is 61.8. The fraction of sp³-hybridized carbons (Fsp3) is 0.143. The first kappa shape index (κ1) is 14.3. The summed E-state index contributed by atoms with van der Waals surface area (Å²) >= 11 is 0. The fourth-order valence-corrected chi connectivity index (χ4v) is 2.20. The molecular formula is C7H3ClF3N3O3S. The number of nitrogens with two attached hydrogens (primary N) is 1. The van der Waals surface area contributed by atoms with E-state index >= 15 is 0 Å². The second-order valence-electron chi connectivity index (χ2n) is 2.81. The van der Waals surface area contributed by atoms with Crippen molar-refractivity contribution in [3.63, 3.8) is 0 Å². The van der Waals surface area contributed by atoms with Crippen molar-refractivity contribution in [2.45, 2.75) is 11.3 Å². The molecule has 0 atom stereocenters. The van der Waals surface area contributed by atoms with Crippen LogP contribution in [0.1, 0.15) is 5.69 Å². The average Bonchev–Trinajstić information content (AvgIpc) is 2.13. The molecule has 0 saturated heterocycles. The third kappa shape index (κ3) is 3.14. The van der Waals surface area contributed by atoms with Crippen LogP contribution in [0.25, 0.3) is 0 Å². The predicted octanol–water partition coefficient (Wildman–Crippen LogP) is 1.36. The summed E-state index contributed by atoms with van der Waals surface area (Å²) in [5.74, 6) is -1.20. The summed E-state index contributed by atoms with van der Waals surface area (Å²) in [6.07, 6.45) is -4.75. The highest BCUT2D eigenvalue weighted by atomic mass is 35.7. The van der Waals surface area contributed by atoms with Gasteiger partial charge in [0, 0.05) is 10.7 Å². The van der Waals surface area contributed by atoms with E-state index in [1.165, 1.54) is 6.07 Å². The van der Waals surface area contributed by atoms with Crippen LogP contribution >= 0.6 is 10.7 Å². The second-order valence-corrected chi connectivity index (χ2v) is 5.31. The van der Waals surface area contributed by atoms with Crippen molar-refractivity contribution < 1.29 is 26.3 Å². The van der Waals surface area contributed by atoms with Crippen LogP contribution < -0.4 is 10.5 Å². The molecule has 1 rings (SSSR count). The summed E-state index contributed by atoms with van der Waals surface area (Å²) in [4.78, 5) is 2.08. The Balaban J connectivity index is 3.56. The van der Waals surface area contributed by atoms with Gasteiger partial charge in [0.15, 0.2) is 16.3 Å². The van der Waals surface area contributed by atoms with Gasteiger partial charge >= 0.3 is 6.36 Å². The Morgan fingerprint density at radius 1 is 1.50 bits per heavy atom. The number of ether oxygens (including phenoxy) is 1. The Morgan fingerprint density at radius 3 is 2.44 bits per heavy atom. The molecule has 0 fully saturated rings. The molecule has 0 aliphatic heterocycles. The maximum absolute atomic E-state index is 12.0. The normalized spacial score (nSPS) is 11.9. The molecular weight excluding hydrogens is 299 g/mol. The third-order valence-electron chi connectivity index (χ3n) is 1.61. The molecule has 0 radical (unpaired) electrons. The molecule has 1 aromatic rings. The van der Waals surface area contributed by atoms with E-state index in [1.54, 1.807) is 0 Å². The number of anilines is 1. The van der Waals surface area contributed by atoms with Crippen LogP contribution in [-0.2, 0) is 9.05 Å². The van der Waals surface area contributed by atoms with E-state index in [0.29, 0.717) is 6.20 Å². The molecule has 0 aromatic carbocycles. The zero-order valence-corrected chi connectivity index (χ0v) is 9.77. The Hall–Kier alpha value is -1.73. The predicted molar refractivity (Wildman–Crippen MR) is 53.1 cm³/mol. The van der Waals surface area contributed by atoms with E-state index in [-0.39, 0.29) is 0 Å². The van der Waals surface area contributed by atoms with Gasteiger partial charge in [-0.1, -0.05) is 0 Å². The van der Waals surface area contributed by atoms with Gasteiger partial charge in [0.25, 0.3) is 9.05 Å².